The number of ether oxygens (including phenoxy) is 1. The zero-order chi connectivity index (χ0) is 15.4. The SMILES string of the molecule is O=C([C@H]1CCCO1)N1CCN(C[C@@H](O)c2ccccc2)CC1. The van der Waals surface area contributed by atoms with Crippen LogP contribution in [-0.4, -0.2) is 66.2 Å². The van der Waals surface area contributed by atoms with Gasteiger partial charge in [-0.25, -0.2) is 0 Å². The largest absolute Gasteiger partial charge is 0.387 e. The van der Waals surface area contributed by atoms with Crippen molar-refractivity contribution in [2.75, 3.05) is 39.3 Å². The molecule has 22 heavy (non-hydrogen) atoms. The fourth-order valence-electron chi connectivity index (χ4n) is 3.15. The summed E-state index contributed by atoms with van der Waals surface area (Å²) in [5.41, 5.74) is 0.945. The summed E-state index contributed by atoms with van der Waals surface area (Å²) >= 11 is 0. The molecule has 0 aromatic heterocycles. The van der Waals surface area contributed by atoms with Gasteiger partial charge in [0.1, 0.15) is 6.10 Å². The summed E-state index contributed by atoms with van der Waals surface area (Å²) in [4.78, 5) is 16.4. The molecule has 0 saturated carbocycles. The number of amides is 1. The van der Waals surface area contributed by atoms with Crippen molar-refractivity contribution in [2.45, 2.75) is 25.0 Å². The third-order valence-corrected chi connectivity index (χ3v) is 4.50. The van der Waals surface area contributed by atoms with Crippen LogP contribution in [0.3, 0.4) is 0 Å². The fourth-order valence-corrected chi connectivity index (χ4v) is 3.15. The Labute approximate surface area is 131 Å². The van der Waals surface area contributed by atoms with Gasteiger partial charge in [-0.05, 0) is 18.4 Å². The topological polar surface area (TPSA) is 53.0 Å². The average molecular weight is 304 g/mol. The molecular formula is C17H24N2O3. The standard InChI is InChI=1S/C17H24N2O3/c20-15(14-5-2-1-3-6-14)13-18-8-10-19(11-9-18)17(21)16-7-4-12-22-16/h1-3,5-6,15-16,20H,4,7-13H2/t15-,16-/m1/s1. The van der Waals surface area contributed by atoms with Crippen LogP contribution in [0.4, 0.5) is 0 Å². The van der Waals surface area contributed by atoms with Crippen LogP contribution >= 0.6 is 0 Å². The summed E-state index contributed by atoms with van der Waals surface area (Å²) < 4.78 is 5.47. The minimum atomic E-state index is -0.471. The molecule has 2 fully saturated rings. The molecule has 0 unspecified atom stereocenters. The Morgan fingerprint density at radius 3 is 2.59 bits per heavy atom. The van der Waals surface area contributed by atoms with Gasteiger partial charge in [-0.2, -0.15) is 0 Å². The van der Waals surface area contributed by atoms with Gasteiger partial charge < -0.3 is 14.7 Å². The Hall–Kier alpha value is -1.43. The Bertz CT molecular complexity index is 480. The van der Waals surface area contributed by atoms with Crippen LogP contribution in [0, 0.1) is 0 Å². The molecule has 0 spiro atoms. The maximum atomic E-state index is 12.3. The minimum absolute atomic E-state index is 0.140. The first-order valence-corrected chi connectivity index (χ1v) is 8.10. The average Bonchev–Trinajstić information content (AvgIpc) is 3.10. The van der Waals surface area contributed by atoms with E-state index in [4.69, 9.17) is 4.74 Å². The molecule has 1 amide bonds. The highest BCUT2D eigenvalue weighted by Crippen LogP contribution is 2.18. The number of aliphatic hydroxyl groups excluding tert-OH is 1. The number of rotatable bonds is 4. The molecular weight excluding hydrogens is 280 g/mol. The minimum Gasteiger partial charge on any atom is -0.387 e. The van der Waals surface area contributed by atoms with E-state index in [-0.39, 0.29) is 12.0 Å². The molecule has 5 heteroatoms. The molecule has 2 saturated heterocycles. The molecule has 1 aromatic rings. The van der Waals surface area contributed by atoms with Gasteiger partial charge in [0, 0.05) is 39.3 Å². The Morgan fingerprint density at radius 2 is 1.95 bits per heavy atom. The van der Waals surface area contributed by atoms with Crippen molar-refractivity contribution in [3.05, 3.63) is 35.9 Å². The molecule has 2 aliphatic rings. The van der Waals surface area contributed by atoms with Crippen molar-refractivity contribution < 1.29 is 14.6 Å². The van der Waals surface area contributed by atoms with Gasteiger partial charge in [0.05, 0.1) is 6.10 Å². The van der Waals surface area contributed by atoms with Gasteiger partial charge in [-0.15, -0.1) is 0 Å². The fraction of sp³-hybridized carbons (Fsp3) is 0.588. The van der Waals surface area contributed by atoms with E-state index in [1.54, 1.807) is 0 Å². The van der Waals surface area contributed by atoms with Gasteiger partial charge >= 0.3 is 0 Å². The number of carbonyl (C=O) groups is 1. The van der Waals surface area contributed by atoms with E-state index < -0.39 is 6.10 Å². The number of carbonyl (C=O) groups excluding carboxylic acids is 1. The first-order valence-electron chi connectivity index (χ1n) is 8.10. The predicted octanol–water partition coefficient (Wildman–Crippen LogP) is 1.04. The van der Waals surface area contributed by atoms with E-state index in [2.05, 4.69) is 4.90 Å². The maximum absolute atomic E-state index is 12.3. The number of nitrogens with zero attached hydrogens (tertiary/aromatic N) is 2. The second kappa shape index (κ2) is 7.22. The molecule has 1 N–H and O–H groups in total. The van der Waals surface area contributed by atoms with E-state index in [0.717, 1.165) is 44.6 Å². The first kappa shape index (κ1) is 15.5. The molecule has 2 aliphatic heterocycles. The van der Waals surface area contributed by atoms with E-state index >= 15 is 0 Å². The van der Waals surface area contributed by atoms with E-state index in [9.17, 15) is 9.90 Å². The summed E-state index contributed by atoms with van der Waals surface area (Å²) in [6, 6.07) is 9.73. The molecule has 1 aromatic carbocycles. The Morgan fingerprint density at radius 1 is 1.23 bits per heavy atom. The molecule has 2 heterocycles. The van der Waals surface area contributed by atoms with Crippen molar-refractivity contribution >= 4 is 5.91 Å². The highest BCUT2D eigenvalue weighted by molar-refractivity contribution is 5.81. The third kappa shape index (κ3) is 3.66. The van der Waals surface area contributed by atoms with E-state index in [1.807, 2.05) is 35.2 Å². The van der Waals surface area contributed by atoms with Gasteiger partial charge in [0.15, 0.2) is 0 Å². The normalized spacial score (nSPS) is 24.4. The lowest BCUT2D eigenvalue weighted by atomic mass is 10.1. The highest BCUT2D eigenvalue weighted by atomic mass is 16.5. The van der Waals surface area contributed by atoms with Crippen LogP contribution in [0.25, 0.3) is 0 Å². The molecule has 3 rings (SSSR count). The van der Waals surface area contributed by atoms with Crippen LogP contribution in [0.5, 0.6) is 0 Å². The van der Waals surface area contributed by atoms with Gasteiger partial charge in [0.2, 0.25) is 0 Å². The lowest BCUT2D eigenvalue weighted by Gasteiger charge is -2.36. The quantitative estimate of drug-likeness (QED) is 0.903. The number of hydrogen-bond acceptors (Lipinski definition) is 4. The molecule has 120 valence electrons. The van der Waals surface area contributed by atoms with Crippen LogP contribution in [-0.2, 0) is 9.53 Å². The van der Waals surface area contributed by atoms with Crippen molar-refractivity contribution in [1.82, 2.24) is 9.80 Å². The second-order valence-corrected chi connectivity index (χ2v) is 6.05. The summed E-state index contributed by atoms with van der Waals surface area (Å²) in [7, 11) is 0. The summed E-state index contributed by atoms with van der Waals surface area (Å²) in [5.74, 6) is 0.140. The number of benzene rings is 1. The van der Waals surface area contributed by atoms with E-state index in [0.29, 0.717) is 13.2 Å². The maximum Gasteiger partial charge on any atom is 0.251 e. The predicted molar refractivity (Wildman–Crippen MR) is 83.4 cm³/mol. The van der Waals surface area contributed by atoms with Crippen molar-refractivity contribution in [3.63, 3.8) is 0 Å². The van der Waals surface area contributed by atoms with Crippen LogP contribution in [0.15, 0.2) is 30.3 Å². The van der Waals surface area contributed by atoms with Gasteiger partial charge in [0.25, 0.3) is 5.91 Å². The Balaban J connectivity index is 1.46. The molecule has 2 atom stereocenters. The smallest absolute Gasteiger partial charge is 0.251 e. The zero-order valence-electron chi connectivity index (χ0n) is 12.9. The summed E-state index contributed by atoms with van der Waals surface area (Å²) in [5, 5.41) is 10.3. The van der Waals surface area contributed by atoms with Gasteiger partial charge in [-0.3, -0.25) is 9.69 Å². The zero-order valence-corrected chi connectivity index (χ0v) is 12.9. The van der Waals surface area contributed by atoms with Crippen molar-refractivity contribution in [3.8, 4) is 0 Å². The summed E-state index contributed by atoms with van der Waals surface area (Å²) in [6.45, 7) is 4.39. The molecule has 0 bridgehead atoms. The molecule has 0 radical (unpaired) electrons. The lowest BCUT2D eigenvalue weighted by Crippen LogP contribution is -2.52. The first-order chi connectivity index (χ1) is 10.7. The highest BCUT2D eigenvalue weighted by Gasteiger charge is 2.30. The van der Waals surface area contributed by atoms with Crippen LogP contribution in [0.1, 0.15) is 24.5 Å². The number of β-amino-alcohol motifs (C(OH)–C–C–N with tert-alkyl or cyclic N) is 1. The van der Waals surface area contributed by atoms with Crippen molar-refractivity contribution in [1.29, 1.82) is 0 Å². The van der Waals surface area contributed by atoms with Crippen LogP contribution in [0.2, 0.25) is 0 Å². The van der Waals surface area contributed by atoms with Crippen molar-refractivity contribution in [2.24, 2.45) is 0 Å². The summed E-state index contributed by atoms with van der Waals surface area (Å²) in [6.07, 6.45) is 1.15. The Kier molecular flexibility index (Phi) is 5.08. The monoisotopic (exact) mass is 304 g/mol. The van der Waals surface area contributed by atoms with E-state index in [1.165, 1.54) is 0 Å². The number of hydrogen-bond donors (Lipinski definition) is 1. The molecule has 0 aliphatic carbocycles. The molecule has 5 nitrogen and oxygen atoms in total. The van der Waals surface area contributed by atoms with Gasteiger partial charge in [-0.1, -0.05) is 30.3 Å². The second-order valence-electron chi connectivity index (χ2n) is 6.05. The number of piperazine rings is 1. The third-order valence-electron chi connectivity index (χ3n) is 4.50. The lowest BCUT2D eigenvalue weighted by molar-refractivity contribution is -0.142. The van der Waals surface area contributed by atoms with Crippen LogP contribution < -0.4 is 0 Å². The number of aliphatic hydroxyl groups is 1.